The second-order valence-corrected chi connectivity index (χ2v) is 6.91. The monoisotopic (exact) mass is 365 g/mol. The van der Waals surface area contributed by atoms with Crippen LogP contribution in [0.5, 0.6) is 5.75 Å². The topological polar surface area (TPSA) is 95.7 Å². The number of carbonyl (C=O) groups excluding carboxylic acids is 1. The van der Waals surface area contributed by atoms with Crippen LogP contribution in [0.2, 0.25) is 0 Å². The van der Waals surface area contributed by atoms with Gasteiger partial charge in [0.1, 0.15) is 4.90 Å². The molecular formula is C12H16BrNO5S. The Hall–Kier alpha value is -1.12. The number of nitrogens with two attached hydrogens (primary N) is 1. The van der Waals surface area contributed by atoms with Gasteiger partial charge in [0, 0.05) is 0 Å². The number of sulfonamides is 1. The van der Waals surface area contributed by atoms with Gasteiger partial charge in [-0.3, -0.25) is 0 Å². The zero-order valence-corrected chi connectivity index (χ0v) is 13.7. The molecule has 0 radical (unpaired) electrons. The molecule has 1 rings (SSSR count). The van der Waals surface area contributed by atoms with Crippen LogP contribution in [0.25, 0.3) is 0 Å². The second kappa shape index (κ2) is 6.55. The molecule has 2 N–H and O–H groups in total. The second-order valence-electron chi connectivity index (χ2n) is 4.53. The fraction of sp³-hybridized carbons (Fsp3) is 0.417. The maximum Gasteiger partial charge on any atom is 0.338 e. The van der Waals surface area contributed by atoms with Crippen LogP contribution in [-0.2, 0) is 14.8 Å². The van der Waals surface area contributed by atoms with Gasteiger partial charge in [-0.25, -0.2) is 18.4 Å². The highest BCUT2D eigenvalue weighted by molar-refractivity contribution is 9.10. The number of ether oxygens (including phenoxy) is 2. The minimum atomic E-state index is -4.02. The van der Waals surface area contributed by atoms with Crippen LogP contribution in [-0.4, -0.2) is 28.1 Å². The smallest absolute Gasteiger partial charge is 0.338 e. The van der Waals surface area contributed by atoms with Crippen LogP contribution in [0.3, 0.4) is 0 Å². The molecule has 0 spiro atoms. The lowest BCUT2D eigenvalue weighted by Gasteiger charge is -2.12. The summed E-state index contributed by atoms with van der Waals surface area (Å²) in [5.74, 6) is -0.391. The first-order chi connectivity index (χ1) is 9.16. The van der Waals surface area contributed by atoms with Crippen LogP contribution < -0.4 is 9.88 Å². The number of methoxy groups -OCH3 is 1. The summed E-state index contributed by atoms with van der Waals surface area (Å²) in [6.07, 6.45) is 0. The quantitative estimate of drug-likeness (QED) is 0.804. The molecule has 8 heteroatoms. The van der Waals surface area contributed by atoms with Crippen molar-refractivity contribution >= 4 is 31.9 Å². The van der Waals surface area contributed by atoms with E-state index in [0.717, 1.165) is 6.07 Å². The summed E-state index contributed by atoms with van der Waals surface area (Å²) in [7, 11) is -2.71. The van der Waals surface area contributed by atoms with Gasteiger partial charge in [0.2, 0.25) is 10.0 Å². The molecule has 20 heavy (non-hydrogen) atoms. The summed E-state index contributed by atoms with van der Waals surface area (Å²) >= 11 is 3.15. The van der Waals surface area contributed by atoms with Gasteiger partial charge in [-0.15, -0.1) is 0 Å². The number of carbonyl (C=O) groups is 1. The Kier molecular flexibility index (Phi) is 5.55. The normalized spacial score (nSPS) is 11.5. The van der Waals surface area contributed by atoms with Gasteiger partial charge in [0.15, 0.2) is 5.75 Å². The highest BCUT2D eigenvalue weighted by Crippen LogP contribution is 2.33. The summed E-state index contributed by atoms with van der Waals surface area (Å²) < 4.78 is 33.4. The SMILES string of the molecule is COc1c(Br)cc(C(=O)OCC(C)C)cc1S(N)(=O)=O. The van der Waals surface area contributed by atoms with E-state index in [0.29, 0.717) is 4.47 Å². The first-order valence-electron chi connectivity index (χ1n) is 5.74. The summed E-state index contributed by atoms with van der Waals surface area (Å²) in [5, 5.41) is 5.11. The zero-order valence-electron chi connectivity index (χ0n) is 11.3. The van der Waals surface area contributed by atoms with E-state index >= 15 is 0 Å². The molecule has 0 saturated heterocycles. The molecular weight excluding hydrogens is 350 g/mol. The molecule has 0 atom stereocenters. The molecule has 0 fully saturated rings. The van der Waals surface area contributed by atoms with E-state index < -0.39 is 16.0 Å². The third-order valence-electron chi connectivity index (χ3n) is 2.30. The maximum atomic E-state index is 11.9. The molecule has 0 aliphatic rings. The van der Waals surface area contributed by atoms with E-state index in [9.17, 15) is 13.2 Å². The molecule has 0 heterocycles. The highest BCUT2D eigenvalue weighted by atomic mass is 79.9. The van der Waals surface area contributed by atoms with Crippen molar-refractivity contribution in [3.8, 4) is 5.75 Å². The molecule has 0 unspecified atom stereocenters. The van der Waals surface area contributed by atoms with Crippen molar-refractivity contribution in [1.82, 2.24) is 0 Å². The summed E-state index contributed by atoms with van der Waals surface area (Å²) in [6, 6.07) is 2.57. The molecule has 0 saturated carbocycles. The number of rotatable bonds is 5. The van der Waals surface area contributed by atoms with Gasteiger partial charge in [-0.1, -0.05) is 13.8 Å². The first kappa shape index (κ1) is 16.9. The van der Waals surface area contributed by atoms with Crippen LogP contribution in [0.4, 0.5) is 0 Å². The van der Waals surface area contributed by atoms with Crippen molar-refractivity contribution in [2.24, 2.45) is 11.1 Å². The molecule has 1 aromatic rings. The zero-order chi connectivity index (χ0) is 15.5. The van der Waals surface area contributed by atoms with Gasteiger partial charge in [0.25, 0.3) is 0 Å². The van der Waals surface area contributed by atoms with Crippen molar-refractivity contribution in [1.29, 1.82) is 0 Å². The van der Waals surface area contributed by atoms with Crippen LogP contribution >= 0.6 is 15.9 Å². The lowest BCUT2D eigenvalue weighted by molar-refractivity contribution is 0.0458. The van der Waals surface area contributed by atoms with Crippen LogP contribution in [0.1, 0.15) is 24.2 Å². The maximum absolute atomic E-state index is 11.9. The molecule has 1 aromatic carbocycles. The molecule has 0 aromatic heterocycles. The lowest BCUT2D eigenvalue weighted by atomic mass is 10.2. The fourth-order valence-electron chi connectivity index (χ4n) is 1.42. The van der Waals surface area contributed by atoms with Crippen LogP contribution in [0.15, 0.2) is 21.5 Å². The number of hydrogen-bond acceptors (Lipinski definition) is 5. The lowest BCUT2D eigenvalue weighted by Crippen LogP contribution is -2.16. The van der Waals surface area contributed by atoms with Gasteiger partial charge in [0.05, 0.1) is 23.8 Å². The van der Waals surface area contributed by atoms with Crippen molar-refractivity contribution in [3.63, 3.8) is 0 Å². The number of esters is 1. The molecule has 0 bridgehead atoms. The highest BCUT2D eigenvalue weighted by Gasteiger charge is 2.22. The van der Waals surface area contributed by atoms with Crippen molar-refractivity contribution in [2.75, 3.05) is 13.7 Å². The largest absolute Gasteiger partial charge is 0.494 e. The summed E-state index contributed by atoms with van der Waals surface area (Å²) in [4.78, 5) is 11.6. The van der Waals surface area contributed by atoms with Crippen molar-refractivity contribution in [3.05, 3.63) is 22.2 Å². The predicted molar refractivity (Wildman–Crippen MR) is 77.2 cm³/mol. The minimum absolute atomic E-state index is 0.0490. The van der Waals surface area contributed by atoms with E-state index in [1.54, 1.807) is 0 Å². The summed E-state index contributed by atoms with van der Waals surface area (Å²) in [6.45, 7) is 4.03. The Morgan fingerprint density at radius 2 is 2.00 bits per heavy atom. The van der Waals surface area contributed by atoms with E-state index in [4.69, 9.17) is 14.6 Å². The number of halogens is 1. The molecule has 6 nitrogen and oxygen atoms in total. The Balaban J connectivity index is 3.25. The van der Waals surface area contributed by atoms with E-state index in [-0.39, 0.29) is 28.7 Å². The predicted octanol–water partition coefficient (Wildman–Crippen LogP) is 1.92. The minimum Gasteiger partial charge on any atom is -0.494 e. The van der Waals surface area contributed by atoms with E-state index in [1.165, 1.54) is 13.2 Å². The third kappa shape index (κ3) is 4.19. The van der Waals surface area contributed by atoms with Gasteiger partial charge >= 0.3 is 5.97 Å². The number of hydrogen-bond donors (Lipinski definition) is 1. The number of primary sulfonamides is 1. The molecule has 112 valence electrons. The summed E-state index contributed by atoms with van der Waals surface area (Å²) in [5.41, 5.74) is 0.0855. The van der Waals surface area contributed by atoms with E-state index in [2.05, 4.69) is 15.9 Å². The van der Waals surface area contributed by atoms with Gasteiger partial charge in [-0.05, 0) is 34.0 Å². The van der Waals surface area contributed by atoms with Gasteiger partial charge in [-0.2, -0.15) is 0 Å². The Morgan fingerprint density at radius 3 is 2.45 bits per heavy atom. The Labute approximate surface area is 126 Å². The van der Waals surface area contributed by atoms with Crippen molar-refractivity contribution < 1.29 is 22.7 Å². The van der Waals surface area contributed by atoms with Gasteiger partial charge < -0.3 is 9.47 Å². The average molecular weight is 366 g/mol. The Morgan fingerprint density at radius 1 is 1.40 bits per heavy atom. The standard InChI is InChI=1S/C12H16BrNO5S/c1-7(2)6-19-12(15)8-4-9(13)11(18-3)10(5-8)20(14,16)17/h4-5,7H,6H2,1-3H3,(H2,14,16,17). The molecule has 0 aliphatic heterocycles. The molecule has 0 aliphatic carbocycles. The Bertz CT molecular complexity index is 613. The van der Waals surface area contributed by atoms with E-state index in [1.807, 2.05) is 13.8 Å². The van der Waals surface area contributed by atoms with Crippen LogP contribution in [0, 0.1) is 5.92 Å². The number of benzene rings is 1. The third-order valence-corrected chi connectivity index (χ3v) is 3.81. The first-order valence-corrected chi connectivity index (χ1v) is 8.08. The average Bonchev–Trinajstić information content (AvgIpc) is 2.33. The fourth-order valence-corrected chi connectivity index (χ4v) is 2.92. The van der Waals surface area contributed by atoms with Crippen molar-refractivity contribution in [2.45, 2.75) is 18.7 Å². The molecule has 0 amide bonds.